The van der Waals surface area contributed by atoms with Gasteiger partial charge in [-0.05, 0) is 44.0 Å². The van der Waals surface area contributed by atoms with E-state index in [1.165, 1.54) is 16.2 Å². The van der Waals surface area contributed by atoms with Crippen LogP contribution >= 0.6 is 11.3 Å². The molecule has 3 heterocycles. The SMILES string of the molecule is Cc1ccc(CN2CCCC2Cn2cc(C(=O)NCc3ccccc3)nn2)s1. The number of aromatic nitrogens is 3. The van der Waals surface area contributed by atoms with Crippen LogP contribution in [0.3, 0.4) is 0 Å². The van der Waals surface area contributed by atoms with E-state index >= 15 is 0 Å². The highest BCUT2D eigenvalue weighted by Crippen LogP contribution is 2.24. The monoisotopic (exact) mass is 395 g/mol. The molecular formula is C21H25N5OS. The maximum atomic E-state index is 12.3. The van der Waals surface area contributed by atoms with Crippen LogP contribution in [0, 0.1) is 6.92 Å². The van der Waals surface area contributed by atoms with E-state index in [0.29, 0.717) is 18.3 Å². The topological polar surface area (TPSA) is 63.1 Å². The van der Waals surface area contributed by atoms with Crippen molar-refractivity contribution in [3.05, 3.63) is 69.7 Å². The van der Waals surface area contributed by atoms with Gasteiger partial charge in [0.05, 0.1) is 12.7 Å². The van der Waals surface area contributed by atoms with Crippen molar-refractivity contribution in [2.24, 2.45) is 0 Å². The summed E-state index contributed by atoms with van der Waals surface area (Å²) < 4.78 is 1.81. The summed E-state index contributed by atoms with van der Waals surface area (Å²) in [5, 5.41) is 11.2. The molecule has 1 aliphatic heterocycles. The molecule has 146 valence electrons. The average molecular weight is 396 g/mol. The van der Waals surface area contributed by atoms with Gasteiger partial charge in [0.1, 0.15) is 0 Å². The minimum Gasteiger partial charge on any atom is -0.347 e. The zero-order chi connectivity index (χ0) is 19.3. The van der Waals surface area contributed by atoms with Crippen LogP contribution in [-0.2, 0) is 19.6 Å². The first-order valence-electron chi connectivity index (χ1n) is 9.69. The highest BCUT2D eigenvalue weighted by molar-refractivity contribution is 7.11. The lowest BCUT2D eigenvalue weighted by molar-refractivity contribution is 0.0946. The first-order chi connectivity index (χ1) is 13.7. The van der Waals surface area contributed by atoms with Gasteiger partial charge in [0, 0.05) is 28.9 Å². The van der Waals surface area contributed by atoms with Crippen molar-refractivity contribution in [1.82, 2.24) is 25.2 Å². The van der Waals surface area contributed by atoms with Crippen molar-refractivity contribution in [3.63, 3.8) is 0 Å². The van der Waals surface area contributed by atoms with Crippen LogP contribution in [0.2, 0.25) is 0 Å². The Hall–Kier alpha value is -2.51. The minimum atomic E-state index is -0.188. The Balaban J connectivity index is 1.32. The Morgan fingerprint density at radius 1 is 1.25 bits per heavy atom. The number of nitrogens with one attached hydrogen (secondary N) is 1. The van der Waals surface area contributed by atoms with Crippen LogP contribution < -0.4 is 5.32 Å². The summed E-state index contributed by atoms with van der Waals surface area (Å²) in [4.78, 5) is 17.6. The third-order valence-electron chi connectivity index (χ3n) is 5.12. The first-order valence-corrected chi connectivity index (χ1v) is 10.5. The van der Waals surface area contributed by atoms with Crippen LogP contribution in [0.4, 0.5) is 0 Å². The summed E-state index contributed by atoms with van der Waals surface area (Å²) in [6.45, 7) is 5.50. The van der Waals surface area contributed by atoms with Crippen molar-refractivity contribution in [2.75, 3.05) is 6.54 Å². The lowest BCUT2D eigenvalue weighted by Gasteiger charge is -2.23. The maximum Gasteiger partial charge on any atom is 0.273 e. The Bertz CT molecular complexity index is 920. The summed E-state index contributed by atoms with van der Waals surface area (Å²) in [6.07, 6.45) is 4.11. The van der Waals surface area contributed by atoms with Crippen LogP contribution in [-0.4, -0.2) is 38.4 Å². The van der Waals surface area contributed by atoms with Gasteiger partial charge in [-0.1, -0.05) is 35.5 Å². The second-order valence-corrected chi connectivity index (χ2v) is 8.65. The molecule has 1 aromatic carbocycles. The van der Waals surface area contributed by atoms with Gasteiger partial charge in [-0.2, -0.15) is 0 Å². The average Bonchev–Trinajstić information content (AvgIpc) is 3.44. The summed E-state index contributed by atoms with van der Waals surface area (Å²) in [5.41, 5.74) is 1.43. The number of carbonyl (C=O) groups excluding carboxylic acids is 1. The molecule has 0 spiro atoms. The number of aryl methyl sites for hydroxylation is 1. The number of likely N-dealkylation sites (tertiary alicyclic amines) is 1. The molecule has 1 saturated heterocycles. The normalized spacial score (nSPS) is 17.1. The Labute approximate surface area is 169 Å². The zero-order valence-corrected chi connectivity index (χ0v) is 16.9. The van der Waals surface area contributed by atoms with E-state index in [9.17, 15) is 4.79 Å². The van der Waals surface area contributed by atoms with E-state index in [1.54, 1.807) is 10.9 Å². The molecule has 2 aromatic heterocycles. The third-order valence-corrected chi connectivity index (χ3v) is 6.10. The van der Waals surface area contributed by atoms with E-state index in [4.69, 9.17) is 0 Å². The summed E-state index contributed by atoms with van der Waals surface area (Å²) in [7, 11) is 0. The van der Waals surface area contributed by atoms with Crippen LogP contribution in [0.25, 0.3) is 0 Å². The van der Waals surface area contributed by atoms with Crippen molar-refractivity contribution >= 4 is 17.2 Å². The fourth-order valence-corrected chi connectivity index (χ4v) is 4.57. The second kappa shape index (κ2) is 8.67. The molecule has 1 unspecified atom stereocenters. The molecule has 1 N–H and O–H groups in total. The van der Waals surface area contributed by atoms with E-state index in [0.717, 1.165) is 31.6 Å². The van der Waals surface area contributed by atoms with Crippen molar-refractivity contribution in [3.8, 4) is 0 Å². The van der Waals surface area contributed by atoms with Crippen molar-refractivity contribution in [2.45, 2.75) is 45.4 Å². The molecule has 0 bridgehead atoms. The molecule has 7 heteroatoms. The Morgan fingerprint density at radius 3 is 2.89 bits per heavy atom. The maximum absolute atomic E-state index is 12.3. The number of carbonyl (C=O) groups is 1. The lowest BCUT2D eigenvalue weighted by Crippen LogP contribution is -2.32. The molecule has 0 radical (unpaired) electrons. The highest BCUT2D eigenvalue weighted by Gasteiger charge is 2.26. The fraction of sp³-hybridized carbons (Fsp3) is 0.381. The molecule has 0 saturated carbocycles. The summed E-state index contributed by atoms with van der Waals surface area (Å²) in [5.74, 6) is -0.188. The minimum absolute atomic E-state index is 0.188. The van der Waals surface area contributed by atoms with Gasteiger partial charge in [0.2, 0.25) is 0 Å². The molecule has 0 aliphatic carbocycles. The van der Waals surface area contributed by atoms with E-state index in [2.05, 4.69) is 39.6 Å². The van der Waals surface area contributed by atoms with Gasteiger partial charge in [0.15, 0.2) is 5.69 Å². The Morgan fingerprint density at radius 2 is 2.11 bits per heavy atom. The van der Waals surface area contributed by atoms with Crippen molar-refractivity contribution < 1.29 is 4.79 Å². The molecule has 1 amide bonds. The summed E-state index contributed by atoms with van der Waals surface area (Å²) >= 11 is 1.87. The van der Waals surface area contributed by atoms with Gasteiger partial charge in [-0.15, -0.1) is 16.4 Å². The lowest BCUT2D eigenvalue weighted by atomic mass is 10.2. The van der Waals surface area contributed by atoms with Gasteiger partial charge in [-0.25, -0.2) is 0 Å². The highest BCUT2D eigenvalue weighted by atomic mass is 32.1. The van der Waals surface area contributed by atoms with Crippen LogP contribution in [0.5, 0.6) is 0 Å². The second-order valence-electron chi connectivity index (χ2n) is 7.27. The quantitative estimate of drug-likeness (QED) is 0.667. The van der Waals surface area contributed by atoms with E-state index < -0.39 is 0 Å². The molecule has 1 aliphatic rings. The molecule has 6 nitrogen and oxygen atoms in total. The van der Waals surface area contributed by atoms with Gasteiger partial charge in [0.25, 0.3) is 5.91 Å². The predicted octanol–water partition coefficient (Wildman–Crippen LogP) is 3.24. The molecule has 1 fully saturated rings. The van der Waals surface area contributed by atoms with Crippen molar-refractivity contribution in [1.29, 1.82) is 0 Å². The third kappa shape index (κ3) is 4.66. The van der Waals surface area contributed by atoms with E-state index in [1.807, 2.05) is 41.7 Å². The van der Waals surface area contributed by atoms with Crippen LogP contribution in [0.15, 0.2) is 48.7 Å². The number of benzene rings is 1. The largest absolute Gasteiger partial charge is 0.347 e. The van der Waals surface area contributed by atoms with Gasteiger partial charge >= 0.3 is 0 Å². The van der Waals surface area contributed by atoms with Gasteiger partial charge in [-0.3, -0.25) is 14.4 Å². The first kappa shape index (κ1) is 18.8. The number of hydrogen-bond donors (Lipinski definition) is 1. The number of nitrogens with zero attached hydrogens (tertiary/aromatic N) is 4. The van der Waals surface area contributed by atoms with E-state index in [-0.39, 0.29) is 5.91 Å². The van der Waals surface area contributed by atoms with Gasteiger partial charge < -0.3 is 5.32 Å². The molecule has 28 heavy (non-hydrogen) atoms. The number of thiophene rings is 1. The molecule has 1 atom stereocenters. The summed E-state index contributed by atoms with van der Waals surface area (Å²) in [6, 6.07) is 14.7. The molecule has 3 aromatic rings. The molecule has 4 rings (SSSR count). The smallest absolute Gasteiger partial charge is 0.273 e. The molecular weight excluding hydrogens is 370 g/mol. The number of rotatable bonds is 7. The zero-order valence-electron chi connectivity index (χ0n) is 16.0. The number of amides is 1. The fourth-order valence-electron chi connectivity index (χ4n) is 3.66. The van der Waals surface area contributed by atoms with Crippen LogP contribution in [0.1, 0.15) is 38.6 Å². The number of hydrogen-bond acceptors (Lipinski definition) is 5. The Kier molecular flexibility index (Phi) is 5.83. The standard InChI is InChI=1S/C21H25N5OS/c1-16-9-10-19(28-16)14-25-11-5-8-18(25)13-26-15-20(23-24-26)21(27)22-12-17-6-3-2-4-7-17/h2-4,6-7,9-10,15,18H,5,8,11-14H2,1H3,(H,22,27). The predicted molar refractivity (Wildman–Crippen MR) is 110 cm³/mol.